The number of aliphatic hydroxyl groups excluding tert-OH is 3. The number of phenolic OH excluding ortho intramolecular Hbond substituents is 1. The Labute approximate surface area is 229 Å². The molecule has 11 heteroatoms. The standard InChI is InChI=1S/C29H31N3O8/c1-31(2)22-18-8-15-7-14-6-13-4-3-12(9-32-10-16(33)11-32)5-17(13)23(34)19(14)24(35)20(15)26(37)29(18,40)27(38)21(25(22)36)28(30)39/h3-6,15-16,18,22,33-35,38,40H,7-11H2,1-2H3,(H2,30,39)/t15-,18-,22-,29-/m0/s1. The number of hydrogen-bond acceptors (Lipinski definition) is 10. The minimum atomic E-state index is -2.66. The summed E-state index contributed by atoms with van der Waals surface area (Å²) in [5.41, 5.74) is 3.27. The number of nitrogens with zero attached hydrogens (tertiary/aromatic N) is 2. The van der Waals surface area contributed by atoms with Crippen LogP contribution >= 0.6 is 0 Å². The number of likely N-dealkylation sites (N-methyl/N-ethyl adjacent to an activating group) is 1. The van der Waals surface area contributed by atoms with Crippen molar-refractivity contribution in [3.8, 4) is 5.75 Å². The van der Waals surface area contributed by atoms with Gasteiger partial charge in [0.05, 0.1) is 17.7 Å². The zero-order valence-corrected chi connectivity index (χ0v) is 22.1. The fourth-order valence-corrected chi connectivity index (χ4v) is 7.09. The summed E-state index contributed by atoms with van der Waals surface area (Å²) in [6.45, 7) is 1.70. The van der Waals surface area contributed by atoms with Crippen LogP contribution in [0.2, 0.25) is 0 Å². The Balaban J connectivity index is 1.48. The van der Waals surface area contributed by atoms with E-state index >= 15 is 0 Å². The van der Waals surface area contributed by atoms with Crippen LogP contribution in [-0.2, 0) is 27.3 Å². The van der Waals surface area contributed by atoms with Crippen molar-refractivity contribution in [2.75, 3.05) is 27.2 Å². The number of rotatable bonds is 4. The summed E-state index contributed by atoms with van der Waals surface area (Å²) in [5.74, 6) is -6.63. The highest BCUT2D eigenvalue weighted by molar-refractivity contribution is 6.24. The third-order valence-electron chi connectivity index (χ3n) is 8.93. The average Bonchev–Trinajstić information content (AvgIpc) is 2.85. The maximum absolute atomic E-state index is 14.0. The molecule has 2 aromatic carbocycles. The van der Waals surface area contributed by atoms with Crippen molar-refractivity contribution in [1.29, 1.82) is 0 Å². The van der Waals surface area contributed by atoms with E-state index in [0.29, 0.717) is 30.6 Å². The summed E-state index contributed by atoms with van der Waals surface area (Å²) in [4.78, 5) is 42.8. The van der Waals surface area contributed by atoms with Crippen molar-refractivity contribution < 1.29 is 39.9 Å². The molecule has 0 bridgehead atoms. The number of carbonyl (C=O) groups is 3. The molecule has 6 rings (SSSR count). The molecule has 2 fully saturated rings. The Hall–Kier alpha value is -3.77. The number of likely N-dealkylation sites (tertiary alicyclic amines) is 1. The van der Waals surface area contributed by atoms with Crippen molar-refractivity contribution in [3.63, 3.8) is 0 Å². The van der Waals surface area contributed by atoms with Crippen LogP contribution in [0, 0.1) is 11.8 Å². The van der Waals surface area contributed by atoms with Crippen molar-refractivity contribution in [3.05, 3.63) is 57.9 Å². The van der Waals surface area contributed by atoms with Gasteiger partial charge >= 0.3 is 0 Å². The van der Waals surface area contributed by atoms with Crippen LogP contribution in [0.5, 0.6) is 5.75 Å². The average molecular weight is 550 g/mol. The quantitative estimate of drug-likeness (QED) is 0.290. The number of nitrogens with two attached hydrogens (primary N) is 1. The lowest BCUT2D eigenvalue weighted by atomic mass is 9.57. The molecular weight excluding hydrogens is 518 g/mol. The maximum atomic E-state index is 14.0. The Morgan fingerprint density at radius 3 is 2.48 bits per heavy atom. The van der Waals surface area contributed by atoms with E-state index in [1.807, 2.05) is 18.2 Å². The number of Topliss-reactive ketones (excluding diaryl/α,β-unsaturated/α-hetero) is 2. The van der Waals surface area contributed by atoms with E-state index in [-0.39, 0.29) is 35.8 Å². The molecule has 1 saturated carbocycles. The largest absolute Gasteiger partial charge is 0.508 e. The van der Waals surface area contributed by atoms with Gasteiger partial charge in [0, 0.05) is 36.5 Å². The molecule has 2 aromatic rings. The number of aliphatic hydroxyl groups is 4. The molecule has 210 valence electrons. The summed E-state index contributed by atoms with van der Waals surface area (Å²) >= 11 is 0. The first-order valence-electron chi connectivity index (χ1n) is 13.2. The molecule has 0 radical (unpaired) electrons. The molecule has 0 aromatic heterocycles. The van der Waals surface area contributed by atoms with E-state index in [1.165, 1.54) is 4.90 Å². The normalized spacial score (nSPS) is 29.0. The summed E-state index contributed by atoms with van der Waals surface area (Å²) in [5, 5.41) is 56.2. The molecule has 4 atom stereocenters. The second-order valence-electron chi connectivity index (χ2n) is 11.6. The SMILES string of the molecule is CN(C)[C@@H]1C(=O)C(C(N)=O)=C(O)[C@@]2(O)C(=O)C3=C(O)c4c(cc5ccc(CN6CC(O)C6)cc5c4O)C[C@H]3C[C@@H]12. The number of β-amino-alcohol motifs (C(OH)–C–C–N with tert-alkyl or cyclic N) is 1. The van der Waals surface area contributed by atoms with Gasteiger partial charge in [0.25, 0.3) is 5.91 Å². The summed E-state index contributed by atoms with van der Waals surface area (Å²) in [7, 11) is 3.13. The number of ketones is 2. The third-order valence-corrected chi connectivity index (χ3v) is 8.93. The van der Waals surface area contributed by atoms with Crippen LogP contribution in [0.3, 0.4) is 0 Å². The summed E-state index contributed by atoms with van der Waals surface area (Å²) < 4.78 is 0. The van der Waals surface area contributed by atoms with Gasteiger partial charge in [-0.1, -0.05) is 18.2 Å². The fourth-order valence-electron chi connectivity index (χ4n) is 7.09. The number of benzene rings is 2. The van der Waals surface area contributed by atoms with Crippen molar-refractivity contribution in [2.45, 2.75) is 37.1 Å². The Morgan fingerprint density at radius 1 is 1.15 bits per heavy atom. The van der Waals surface area contributed by atoms with E-state index in [1.54, 1.807) is 20.2 Å². The van der Waals surface area contributed by atoms with Crippen LogP contribution in [0.4, 0.5) is 0 Å². The van der Waals surface area contributed by atoms with Crippen LogP contribution in [0.25, 0.3) is 16.5 Å². The molecule has 4 aliphatic rings. The molecule has 40 heavy (non-hydrogen) atoms. The first-order chi connectivity index (χ1) is 18.8. The van der Waals surface area contributed by atoms with Gasteiger partial charge in [-0.25, -0.2) is 0 Å². The van der Waals surface area contributed by atoms with Crippen molar-refractivity contribution in [1.82, 2.24) is 9.80 Å². The van der Waals surface area contributed by atoms with Gasteiger partial charge in [-0.2, -0.15) is 0 Å². The highest BCUT2D eigenvalue weighted by atomic mass is 16.3. The third kappa shape index (κ3) is 3.55. The molecular formula is C29H31N3O8. The predicted molar refractivity (Wildman–Crippen MR) is 143 cm³/mol. The molecule has 0 spiro atoms. The van der Waals surface area contributed by atoms with Gasteiger partial charge < -0.3 is 31.3 Å². The van der Waals surface area contributed by atoms with Crippen LogP contribution in [0.15, 0.2) is 41.2 Å². The lowest BCUT2D eigenvalue weighted by molar-refractivity contribution is -0.153. The lowest BCUT2D eigenvalue weighted by Gasteiger charge is -2.50. The molecule has 1 saturated heterocycles. The van der Waals surface area contributed by atoms with Gasteiger partial charge in [-0.15, -0.1) is 0 Å². The molecule has 1 heterocycles. The number of amides is 1. The molecule has 11 nitrogen and oxygen atoms in total. The van der Waals surface area contributed by atoms with Gasteiger partial charge in [0.1, 0.15) is 22.8 Å². The van der Waals surface area contributed by atoms with E-state index in [0.717, 1.165) is 10.9 Å². The number of aromatic hydroxyl groups is 1. The van der Waals surface area contributed by atoms with E-state index in [4.69, 9.17) is 5.73 Å². The maximum Gasteiger partial charge on any atom is 0.255 e. The lowest BCUT2D eigenvalue weighted by Crippen LogP contribution is -2.65. The zero-order chi connectivity index (χ0) is 28.8. The van der Waals surface area contributed by atoms with Crippen LogP contribution in [-0.4, -0.2) is 97.7 Å². The van der Waals surface area contributed by atoms with Gasteiger partial charge in [0.2, 0.25) is 5.78 Å². The minimum Gasteiger partial charge on any atom is -0.508 e. The molecule has 7 N–H and O–H groups in total. The number of primary amides is 1. The summed E-state index contributed by atoms with van der Waals surface area (Å²) in [6, 6.07) is 6.34. The number of fused-ring (bicyclic) bond motifs is 4. The Morgan fingerprint density at radius 2 is 1.85 bits per heavy atom. The first-order valence-corrected chi connectivity index (χ1v) is 13.2. The molecule has 1 amide bonds. The van der Waals surface area contributed by atoms with Crippen molar-refractivity contribution >= 4 is 34.0 Å². The monoisotopic (exact) mass is 549 g/mol. The zero-order valence-electron chi connectivity index (χ0n) is 22.1. The summed E-state index contributed by atoms with van der Waals surface area (Å²) in [6.07, 6.45) is -0.0557. The van der Waals surface area contributed by atoms with E-state index in [2.05, 4.69) is 4.90 Å². The van der Waals surface area contributed by atoms with E-state index < -0.39 is 58.0 Å². The highest BCUT2D eigenvalue weighted by Crippen LogP contribution is 2.53. The number of hydrogen-bond donors (Lipinski definition) is 6. The van der Waals surface area contributed by atoms with Crippen molar-refractivity contribution in [2.24, 2.45) is 17.6 Å². The second kappa shape index (κ2) is 8.87. The van der Waals surface area contributed by atoms with Gasteiger partial charge in [-0.3, -0.25) is 24.2 Å². The van der Waals surface area contributed by atoms with E-state index in [9.17, 15) is 39.9 Å². The fraction of sp³-hybridized carbons (Fsp3) is 0.414. The molecule has 1 aliphatic heterocycles. The Bertz CT molecular complexity index is 1570. The molecule has 3 aliphatic carbocycles. The Kier molecular flexibility index (Phi) is 5.86. The van der Waals surface area contributed by atoms with Crippen LogP contribution in [0.1, 0.15) is 23.1 Å². The minimum absolute atomic E-state index is 0.0468. The predicted octanol–water partition coefficient (Wildman–Crippen LogP) is 0.294. The second-order valence-corrected chi connectivity index (χ2v) is 11.6. The number of phenols is 1. The number of carbonyl (C=O) groups excluding carboxylic acids is 3. The van der Waals surface area contributed by atoms with Crippen LogP contribution < -0.4 is 5.73 Å². The first kappa shape index (κ1) is 26.5. The topological polar surface area (TPSA) is 185 Å². The van der Waals surface area contributed by atoms with Gasteiger partial charge in [0.15, 0.2) is 11.4 Å². The van der Waals surface area contributed by atoms with Gasteiger partial charge in [-0.05, 0) is 55.4 Å². The smallest absolute Gasteiger partial charge is 0.255 e. The highest BCUT2D eigenvalue weighted by Gasteiger charge is 2.64. The molecule has 0 unspecified atom stereocenters.